The summed E-state index contributed by atoms with van der Waals surface area (Å²) in [5, 5.41) is 8.00. The first-order valence-electron chi connectivity index (χ1n) is 5.78. The van der Waals surface area contributed by atoms with Crippen molar-refractivity contribution in [3.63, 3.8) is 0 Å². The molecule has 0 fully saturated rings. The van der Waals surface area contributed by atoms with E-state index in [9.17, 15) is 0 Å². The summed E-state index contributed by atoms with van der Waals surface area (Å²) in [7, 11) is 0. The first-order valence-corrected chi connectivity index (χ1v) is 5.78. The normalized spacial score (nSPS) is 13.1. The molecule has 3 nitrogen and oxygen atoms in total. The Kier molecular flexibility index (Phi) is 2.65. The maximum Gasteiger partial charge on any atom is 0.240 e. The summed E-state index contributed by atoms with van der Waals surface area (Å²) in [5.74, 6) is 0.403. The second kappa shape index (κ2) is 4.45. The quantitative estimate of drug-likeness (QED) is 0.854. The van der Waals surface area contributed by atoms with Gasteiger partial charge in [0.2, 0.25) is 5.90 Å². The third-order valence-corrected chi connectivity index (χ3v) is 2.83. The van der Waals surface area contributed by atoms with Crippen molar-refractivity contribution in [2.24, 2.45) is 4.99 Å². The summed E-state index contributed by atoms with van der Waals surface area (Å²) in [6.07, 6.45) is 0. The number of fused-ring (bicyclic) bond motifs is 1. The minimum Gasteiger partial charge on any atom is -0.471 e. The maximum absolute atomic E-state index is 8.00. The minimum atomic E-state index is 0.363. The SMILES string of the molecule is N=C1C(OCc2ccccc2)=Nc2ccccc21. The van der Waals surface area contributed by atoms with Crippen LogP contribution < -0.4 is 0 Å². The van der Waals surface area contributed by atoms with Crippen LogP contribution >= 0.6 is 0 Å². The molecule has 0 radical (unpaired) electrons. The van der Waals surface area contributed by atoms with Crippen molar-refractivity contribution in [1.82, 2.24) is 0 Å². The van der Waals surface area contributed by atoms with E-state index in [0.29, 0.717) is 18.2 Å². The zero-order valence-corrected chi connectivity index (χ0v) is 9.76. The lowest BCUT2D eigenvalue weighted by Gasteiger charge is -2.05. The van der Waals surface area contributed by atoms with E-state index in [1.54, 1.807) is 0 Å². The van der Waals surface area contributed by atoms with Gasteiger partial charge in [-0.3, -0.25) is 5.41 Å². The van der Waals surface area contributed by atoms with Crippen molar-refractivity contribution in [1.29, 1.82) is 5.41 Å². The Labute approximate surface area is 105 Å². The Balaban J connectivity index is 1.75. The van der Waals surface area contributed by atoms with E-state index in [0.717, 1.165) is 16.8 Å². The number of benzene rings is 2. The van der Waals surface area contributed by atoms with Gasteiger partial charge in [0, 0.05) is 5.56 Å². The van der Waals surface area contributed by atoms with Crippen molar-refractivity contribution in [3.05, 3.63) is 65.7 Å². The average molecular weight is 236 g/mol. The molecule has 2 aromatic carbocycles. The van der Waals surface area contributed by atoms with E-state index in [1.807, 2.05) is 54.6 Å². The molecule has 1 N–H and O–H groups in total. The van der Waals surface area contributed by atoms with Crippen molar-refractivity contribution < 1.29 is 4.74 Å². The van der Waals surface area contributed by atoms with E-state index in [4.69, 9.17) is 10.1 Å². The molecule has 0 saturated carbocycles. The number of hydrogen-bond acceptors (Lipinski definition) is 3. The highest BCUT2D eigenvalue weighted by molar-refractivity contribution is 6.48. The van der Waals surface area contributed by atoms with Crippen LogP contribution in [0.15, 0.2) is 59.6 Å². The summed E-state index contributed by atoms with van der Waals surface area (Å²) in [6, 6.07) is 17.5. The number of rotatable bonds is 2. The predicted molar refractivity (Wildman–Crippen MR) is 71.6 cm³/mol. The van der Waals surface area contributed by atoms with Crippen LogP contribution in [-0.2, 0) is 11.3 Å². The van der Waals surface area contributed by atoms with Crippen molar-refractivity contribution in [2.45, 2.75) is 6.61 Å². The Morgan fingerprint density at radius 2 is 1.67 bits per heavy atom. The Morgan fingerprint density at radius 3 is 2.44 bits per heavy atom. The van der Waals surface area contributed by atoms with Crippen LogP contribution in [0.3, 0.4) is 0 Å². The molecule has 3 rings (SSSR count). The molecule has 2 aromatic rings. The summed E-state index contributed by atoms with van der Waals surface area (Å²) in [5.41, 5.74) is 3.08. The molecule has 3 heteroatoms. The molecule has 1 heterocycles. The molecule has 88 valence electrons. The minimum absolute atomic E-state index is 0.363. The molecule has 0 aromatic heterocycles. The molecule has 0 spiro atoms. The van der Waals surface area contributed by atoms with Crippen LogP contribution in [0.1, 0.15) is 11.1 Å². The first kappa shape index (κ1) is 10.7. The molecular formula is C15H12N2O. The standard InChI is InChI=1S/C15H12N2O/c16-14-12-8-4-5-9-13(12)17-15(14)18-10-11-6-2-1-3-7-11/h1-9,16H,10H2. The fourth-order valence-electron chi connectivity index (χ4n) is 1.89. The van der Waals surface area contributed by atoms with Gasteiger partial charge in [0.25, 0.3) is 0 Å². The number of aliphatic imine (C=N–C) groups is 1. The number of nitrogens with one attached hydrogen (secondary N) is 1. The third kappa shape index (κ3) is 1.91. The first-order chi connectivity index (χ1) is 8.84. The average Bonchev–Trinajstić information content (AvgIpc) is 2.75. The fraction of sp³-hybridized carbons (Fsp3) is 0.0667. The number of hydrogen-bond donors (Lipinski definition) is 1. The van der Waals surface area contributed by atoms with E-state index in [1.165, 1.54) is 0 Å². The van der Waals surface area contributed by atoms with E-state index in [2.05, 4.69) is 4.99 Å². The third-order valence-electron chi connectivity index (χ3n) is 2.83. The molecule has 1 aliphatic rings. The highest BCUT2D eigenvalue weighted by Gasteiger charge is 2.21. The van der Waals surface area contributed by atoms with Gasteiger partial charge in [0.1, 0.15) is 12.3 Å². The number of nitrogens with zero attached hydrogens (tertiary/aromatic N) is 1. The van der Waals surface area contributed by atoms with Crippen molar-refractivity contribution in [3.8, 4) is 0 Å². The molecule has 0 bridgehead atoms. The predicted octanol–water partition coefficient (Wildman–Crippen LogP) is 3.31. The summed E-state index contributed by atoms with van der Waals surface area (Å²) < 4.78 is 5.61. The molecule has 0 atom stereocenters. The van der Waals surface area contributed by atoms with Crippen LogP contribution in [0.25, 0.3) is 0 Å². The van der Waals surface area contributed by atoms with Crippen LogP contribution in [0.4, 0.5) is 5.69 Å². The van der Waals surface area contributed by atoms with Crippen molar-refractivity contribution in [2.75, 3.05) is 0 Å². The van der Waals surface area contributed by atoms with Crippen LogP contribution in [-0.4, -0.2) is 11.6 Å². The Hall–Kier alpha value is -2.42. The molecule has 0 amide bonds. The fourth-order valence-corrected chi connectivity index (χ4v) is 1.89. The topological polar surface area (TPSA) is 45.4 Å². The number of para-hydroxylation sites is 1. The molecule has 0 saturated heterocycles. The Bertz CT molecular complexity index is 617. The van der Waals surface area contributed by atoms with Gasteiger partial charge >= 0.3 is 0 Å². The summed E-state index contributed by atoms with van der Waals surface area (Å²) in [4.78, 5) is 4.32. The maximum atomic E-state index is 8.00. The van der Waals surface area contributed by atoms with Crippen molar-refractivity contribution >= 4 is 17.3 Å². The second-order valence-corrected chi connectivity index (χ2v) is 4.08. The van der Waals surface area contributed by atoms with Crippen LogP contribution in [0.2, 0.25) is 0 Å². The zero-order chi connectivity index (χ0) is 12.4. The smallest absolute Gasteiger partial charge is 0.240 e. The van der Waals surface area contributed by atoms with E-state index in [-0.39, 0.29) is 0 Å². The lowest BCUT2D eigenvalue weighted by atomic mass is 10.1. The molecule has 1 aliphatic heterocycles. The molecule has 18 heavy (non-hydrogen) atoms. The monoisotopic (exact) mass is 236 g/mol. The van der Waals surface area contributed by atoms with Crippen LogP contribution in [0.5, 0.6) is 0 Å². The molecular weight excluding hydrogens is 224 g/mol. The summed E-state index contributed by atoms with van der Waals surface area (Å²) in [6.45, 7) is 0.441. The highest BCUT2D eigenvalue weighted by Crippen LogP contribution is 2.26. The Morgan fingerprint density at radius 1 is 0.944 bits per heavy atom. The zero-order valence-electron chi connectivity index (χ0n) is 9.76. The van der Waals surface area contributed by atoms with Gasteiger partial charge in [-0.2, -0.15) is 0 Å². The van der Waals surface area contributed by atoms with Gasteiger partial charge in [-0.1, -0.05) is 48.5 Å². The van der Waals surface area contributed by atoms with Gasteiger partial charge in [-0.15, -0.1) is 0 Å². The summed E-state index contributed by atoms with van der Waals surface area (Å²) >= 11 is 0. The molecule has 0 unspecified atom stereocenters. The van der Waals surface area contributed by atoms with E-state index >= 15 is 0 Å². The largest absolute Gasteiger partial charge is 0.471 e. The van der Waals surface area contributed by atoms with Gasteiger partial charge in [0.15, 0.2) is 0 Å². The number of ether oxygens (including phenoxy) is 1. The lowest BCUT2D eigenvalue weighted by Crippen LogP contribution is -2.13. The van der Waals surface area contributed by atoms with E-state index < -0.39 is 0 Å². The highest BCUT2D eigenvalue weighted by atomic mass is 16.5. The van der Waals surface area contributed by atoms with Gasteiger partial charge in [0.05, 0.1) is 5.69 Å². The van der Waals surface area contributed by atoms with Gasteiger partial charge in [-0.25, -0.2) is 4.99 Å². The van der Waals surface area contributed by atoms with Gasteiger partial charge < -0.3 is 4.74 Å². The van der Waals surface area contributed by atoms with Crippen LogP contribution in [0, 0.1) is 5.41 Å². The van der Waals surface area contributed by atoms with Gasteiger partial charge in [-0.05, 0) is 11.6 Å². The second-order valence-electron chi connectivity index (χ2n) is 4.08. The molecule has 0 aliphatic carbocycles. The lowest BCUT2D eigenvalue weighted by molar-refractivity contribution is 0.299.